The summed E-state index contributed by atoms with van der Waals surface area (Å²) in [6.45, 7) is 0. The molecule has 4 rings (SSSR count). The van der Waals surface area contributed by atoms with Gasteiger partial charge in [-0.05, 0) is 17.7 Å². The summed E-state index contributed by atoms with van der Waals surface area (Å²) in [4.78, 5) is 17.1. The Morgan fingerprint density at radius 3 is 2.46 bits per heavy atom. The molecular weight excluding hydrogens is 322 g/mol. The number of aromatic nitrogens is 1. The Kier molecular flexibility index (Phi) is 4.48. The second kappa shape index (κ2) is 7.23. The van der Waals surface area contributed by atoms with E-state index in [4.69, 9.17) is 0 Å². The predicted octanol–water partition coefficient (Wildman–Crippen LogP) is 4.82. The molecule has 128 valence electrons. The Bertz CT molecular complexity index is 936. The van der Waals surface area contributed by atoms with Crippen LogP contribution in [0.15, 0.2) is 90.8 Å². The summed E-state index contributed by atoms with van der Waals surface area (Å²) in [5.74, 6) is 0.782. The number of fused-ring (bicyclic) bond motifs is 1. The molecule has 1 unspecified atom stereocenters. The molecule has 0 radical (unpaired) electrons. The molecule has 2 N–H and O–H groups in total. The molecule has 0 amide bonds. The number of allylic oxidation sites excluding steroid dienone is 1. The van der Waals surface area contributed by atoms with Crippen LogP contribution in [0, 0.1) is 0 Å². The summed E-state index contributed by atoms with van der Waals surface area (Å²) in [6, 6.07) is 23.4. The molecule has 0 bridgehead atoms. The molecule has 1 aliphatic rings. The Morgan fingerprint density at radius 2 is 1.69 bits per heavy atom. The number of ketones is 1. The molecule has 0 saturated carbocycles. The van der Waals surface area contributed by atoms with Crippen molar-refractivity contribution >= 4 is 17.3 Å². The van der Waals surface area contributed by atoms with Gasteiger partial charge in [-0.15, -0.1) is 0 Å². The van der Waals surface area contributed by atoms with Gasteiger partial charge in [-0.2, -0.15) is 0 Å². The number of nitrogens with one attached hydrogen (secondary N) is 2. The van der Waals surface area contributed by atoms with Gasteiger partial charge < -0.3 is 10.6 Å². The summed E-state index contributed by atoms with van der Waals surface area (Å²) in [5.41, 5.74) is 3.58. The summed E-state index contributed by atoms with van der Waals surface area (Å²) >= 11 is 0. The molecule has 26 heavy (non-hydrogen) atoms. The lowest BCUT2D eigenvalue weighted by atomic mass is 10.0. The van der Waals surface area contributed by atoms with E-state index in [9.17, 15) is 4.79 Å². The van der Waals surface area contributed by atoms with Gasteiger partial charge in [-0.3, -0.25) is 4.79 Å². The van der Waals surface area contributed by atoms with E-state index in [1.165, 1.54) is 0 Å². The largest absolute Gasteiger partial charge is 0.361 e. The number of nitrogens with zero attached hydrogens (tertiary/aromatic N) is 1. The van der Waals surface area contributed by atoms with Crippen molar-refractivity contribution in [1.82, 2.24) is 4.98 Å². The van der Waals surface area contributed by atoms with Crippen molar-refractivity contribution in [2.45, 2.75) is 12.5 Å². The lowest BCUT2D eigenvalue weighted by Gasteiger charge is -2.17. The molecule has 3 aromatic rings. The second-order valence-electron chi connectivity index (χ2n) is 6.24. The summed E-state index contributed by atoms with van der Waals surface area (Å²) < 4.78 is 0. The minimum absolute atomic E-state index is 0.00717. The van der Waals surface area contributed by atoms with Crippen molar-refractivity contribution in [2.75, 3.05) is 10.6 Å². The molecule has 0 fully saturated rings. The lowest BCUT2D eigenvalue weighted by Crippen LogP contribution is -2.11. The van der Waals surface area contributed by atoms with Crippen LogP contribution in [0.25, 0.3) is 0 Å². The van der Waals surface area contributed by atoms with Crippen LogP contribution in [0.2, 0.25) is 0 Å². The normalized spacial score (nSPS) is 17.5. The van der Waals surface area contributed by atoms with Crippen LogP contribution in [0.3, 0.4) is 0 Å². The van der Waals surface area contributed by atoms with Gasteiger partial charge in [0.2, 0.25) is 0 Å². The minimum Gasteiger partial charge on any atom is -0.361 e. The quantitative estimate of drug-likeness (QED) is 0.530. The summed E-state index contributed by atoms with van der Waals surface area (Å²) in [5, 5.41) is 6.87. The summed E-state index contributed by atoms with van der Waals surface area (Å²) in [7, 11) is 0. The molecule has 1 aliphatic heterocycles. The van der Waals surface area contributed by atoms with Crippen LogP contribution in [-0.4, -0.2) is 10.8 Å². The van der Waals surface area contributed by atoms with Crippen LogP contribution in [0.4, 0.5) is 11.5 Å². The highest BCUT2D eigenvalue weighted by Crippen LogP contribution is 2.33. The highest BCUT2D eigenvalue weighted by atomic mass is 16.1. The van der Waals surface area contributed by atoms with Crippen molar-refractivity contribution in [3.05, 3.63) is 102 Å². The van der Waals surface area contributed by atoms with Crippen molar-refractivity contribution in [1.29, 1.82) is 0 Å². The van der Waals surface area contributed by atoms with Gasteiger partial charge in [0.25, 0.3) is 0 Å². The Labute approximate surface area is 152 Å². The lowest BCUT2D eigenvalue weighted by molar-refractivity contribution is 0.104. The first-order chi connectivity index (χ1) is 12.8. The fourth-order valence-corrected chi connectivity index (χ4v) is 3.11. The van der Waals surface area contributed by atoms with E-state index in [1.807, 2.05) is 60.7 Å². The zero-order chi connectivity index (χ0) is 17.8. The van der Waals surface area contributed by atoms with Crippen molar-refractivity contribution in [3.8, 4) is 0 Å². The summed E-state index contributed by atoms with van der Waals surface area (Å²) in [6.07, 6.45) is 4.12. The number of rotatable bonds is 3. The van der Waals surface area contributed by atoms with Crippen LogP contribution >= 0.6 is 0 Å². The SMILES string of the molecule is O=C(C=C1CC(c2ccccc2)Nc2ncccc2N1)c1ccccc1. The smallest absolute Gasteiger partial charge is 0.187 e. The highest BCUT2D eigenvalue weighted by Gasteiger charge is 2.21. The Hall–Kier alpha value is -3.40. The first kappa shape index (κ1) is 16.1. The maximum atomic E-state index is 12.6. The zero-order valence-corrected chi connectivity index (χ0v) is 14.2. The third kappa shape index (κ3) is 3.49. The van der Waals surface area contributed by atoms with Crippen molar-refractivity contribution in [3.63, 3.8) is 0 Å². The molecule has 1 atom stereocenters. The first-order valence-corrected chi connectivity index (χ1v) is 8.63. The van der Waals surface area contributed by atoms with E-state index in [1.54, 1.807) is 12.3 Å². The van der Waals surface area contributed by atoms with Crippen molar-refractivity contribution in [2.24, 2.45) is 0 Å². The van der Waals surface area contributed by atoms with E-state index in [2.05, 4.69) is 27.8 Å². The van der Waals surface area contributed by atoms with Gasteiger partial charge in [-0.1, -0.05) is 60.7 Å². The van der Waals surface area contributed by atoms with Crippen LogP contribution in [-0.2, 0) is 0 Å². The first-order valence-electron chi connectivity index (χ1n) is 8.63. The van der Waals surface area contributed by atoms with Crippen LogP contribution in [0.5, 0.6) is 0 Å². The number of carbonyl (C=O) groups is 1. The number of carbonyl (C=O) groups excluding carboxylic acids is 1. The molecule has 4 nitrogen and oxygen atoms in total. The molecule has 4 heteroatoms. The van der Waals surface area contributed by atoms with E-state index >= 15 is 0 Å². The molecule has 1 aromatic heterocycles. The molecule has 2 aromatic carbocycles. The van der Waals surface area contributed by atoms with E-state index in [-0.39, 0.29) is 11.8 Å². The fourth-order valence-electron chi connectivity index (χ4n) is 3.11. The predicted molar refractivity (Wildman–Crippen MR) is 104 cm³/mol. The van der Waals surface area contributed by atoms with Crippen LogP contribution < -0.4 is 10.6 Å². The maximum absolute atomic E-state index is 12.6. The second-order valence-corrected chi connectivity index (χ2v) is 6.24. The third-order valence-corrected chi connectivity index (χ3v) is 4.40. The van der Waals surface area contributed by atoms with Gasteiger partial charge >= 0.3 is 0 Å². The molecule has 0 saturated heterocycles. The number of benzene rings is 2. The molecular formula is C22H19N3O. The van der Waals surface area contributed by atoms with Gasteiger partial charge in [0.05, 0.1) is 11.7 Å². The number of pyridine rings is 1. The Balaban J connectivity index is 1.70. The van der Waals surface area contributed by atoms with E-state index in [0.29, 0.717) is 12.0 Å². The fraction of sp³-hybridized carbons (Fsp3) is 0.0909. The minimum atomic E-state index is -0.00717. The zero-order valence-electron chi connectivity index (χ0n) is 14.2. The topological polar surface area (TPSA) is 54.0 Å². The number of hydrogen-bond acceptors (Lipinski definition) is 4. The van der Waals surface area contributed by atoms with E-state index in [0.717, 1.165) is 22.8 Å². The average Bonchev–Trinajstić information content (AvgIpc) is 2.88. The highest BCUT2D eigenvalue weighted by molar-refractivity contribution is 6.05. The van der Waals surface area contributed by atoms with Gasteiger partial charge in [-0.25, -0.2) is 4.98 Å². The van der Waals surface area contributed by atoms with Crippen LogP contribution in [0.1, 0.15) is 28.4 Å². The van der Waals surface area contributed by atoms with Gasteiger partial charge in [0.1, 0.15) is 5.82 Å². The number of hydrogen-bond donors (Lipinski definition) is 2. The number of anilines is 2. The monoisotopic (exact) mass is 341 g/mol. The third-order valence-electron chi connectivity index (χ3n) is 4.40. The standard InChI is InChI=1S/C22H19N3O/c26-21(17-10-5-2-6-11-17)15-18-14-20(16-8-3-1-4-9-16)25-22-19(24-18)12-7-13-23-22/h1-13,15,20,24H,14H2,(H,23,25). The average molecular weight is 341 g/mol. The van der Waals surface area contributed by atoms with E-state index < -0.39 is 0 Å². The molecule has 0 spiro atoms. The maximum Gasteiger partial charge on any atom is 0.187 e. The molecule has 0 aliphatic carbocycles. The molecule has 2 heterocycles. The van der Waals surface area contributed by atoms with Gasteiger partial charge in [0.15, 0.2) is 5.78 Å². The van der Waals surface area contributed by atoms with Gasteiger partial charge in [0, 0.05) is 30.0 Å². The Morgan fingerprint density at radius 1 is 0.962 bits per heavy atom. The van der Waals surface area contributed by atoms with Crippen molar-refractivity contribution < 1.29 is 4.79 Å².